The summed E-state index contributed by atoms with van der Waals surface area (Å²) in [5, 5.41) is 5.14. The minimum Gasteiger partial charge on any atom is -0.352 e. The average molecular weight is 439 g/mol. The van der Waals surface area contributed by atoms with Gasteiger partial charge in [0.2, 0.25) is 11.8 Å². The molecule has 2 heterocycles. The summed E-state index contributed by atoms with van der Waals surface area (Å²) in [6.45, 7) is 3.56. The monoisotopic (exact) mass is 438 g/mol. The number of amides is 2. The molecule has 6 nitrogen and oxygen atoms in total. The van der Waals surface area contributed by atoms with E-state index >= 15 is 0 Å². The van der Waals surface area contributed by atoms with E-state index in [4.69, 9.17) is 0 Å². The SMILES string of the molecule is Cc1nccn1Cc1cccc(CNC(=O)C2CC(=O)N(c3cccc4ccccc34)C2)c1. The molecular weight excluding hydrogens is 412 g/mol. The van der Waals surface area contributed by atoms with Crippen molar-refractivity contribution < 1.29 is 9.59 Å². The lowest BCUT2D eigenvalue weighted by Gasteiger charge is -2.19. The van der Waals surface area contributed by atoms with Crippen molar-refractivity contribution in [3.8, 4) is 0 Å². The molecule has 1 unspecified atom stereocenters. The highest BCUT2D eigenvalue weighted by atomic mass is 16.2. The molecule has 5 rings (SSSR count). The zero-order valence-electron chi connectivity index (χ0n) is 18.6. The lowest BCUT2D eigenvalue weighted by Crippen LogP contribution is -2.32. The van der Waals surface area contributed by atoms with E-state index in [0.717, 1.165) is 40.0 Å². The Morgan fingerprint density at radius 3 is 2.70 bits per heavy atom. The summed E-state index contributed by atoms with van der Waals surface area (Å²) in [6.07, 6.45) is 3.99. The van der Waals surface area contributed by atoms with Crippen LogP contribution in [0.5, 0.6) is 0 Å². The van der Waals surface area contributed by atoms with Gasteiger partial charge in [-0.1, -0.05) is 60.7 Å². The van der Waals surface area contributed by atoms with Crippen molar-refractivity contribution in [3.63, 3.8) is 0 Å². The standard InChI is InChI=1S/C27H26N4O2/c1-19-28-12-13-30(19)17-21-7-4-6-20(14-21)16-29-27(33)23-15-26(32)31(18-23)25-11-5-9-22-8-2-3-10-24(22)25/h2-14,23H,15-18H2,1H3,(H,29,33). The Morgan fingerprint density at radius 1 is 1.06 bits per heavy atom. The van der Waals surface area contributed by atoms with E-state index in [1.54, 1.807) is 11.1 Å². The van der Waals surface area contributed by atoms with Gasteiger partial charge in [-0.05, 0) is 29.5 Å². The van der Waals surface area contributed by atoms with E-state index < -0.39 is 0 Å². The molecule has 6 heteroatoms. The van der Waals surface area contributed by atoms with Crippen molar-refractivity contribution in [1.82, 2.24) is 14.9 Å². The number of aromatic nitrogens is 2. The summed E-state index contributed by atoms with van der Waals surface area (Å²) < 4.78 is 2.09. The summed E-state index contributed by atoms with van der Waals surface area (Å²) in [6, 6.07) is 22.1. The van der Waals surface area contributed by atoms with Gasteiger partial charge >= 0.3 is 0 Å². The average Bonchev–Trinajstić information content (AvgIpc) is 3.42. The van der Waals surface area contributed by atoms with Crippen LogP contribution >= 0.6 is 0 Å². The number of carbonyl (C=O) groups is 2. The number of hydrogen-bond acceptors (Lipinski definition) is 3. The molecule has 0 saturated carbocycles. The van der Waals surface area contributed by atoms with Crippen molar-refractivity contribution in [2.24, 2.45) is 5.92 Å². The number of imidazole rings is 1. The van der Waals surface area contributed by atoms with Gasteiger partial charge in [0.1, 0.15) is 5.82 Å². The fourth-order valence-electron chi connectivity index (χ4n) is 4.50. The third-order valence-corrected chi connectivity index (χ3v) is 6.29. The van der Waals surface area contributed by atoms with Gasteiger partial charge in [-0.2, -0.15) is 0 Å². The second-order valence-corrected chi connectivity index (χ2v) is 8.54. The Bertz CT molecular complexity index is 1320. The number of carbonyl (C=O) groups excluding carboxylic acids is 2. The second-order valence-electron chi connectivity index (χ2n) is 8.54. The van der Waals surface area contributed by atoms with Gasteiger partial charge in [0, 0.05) is 43.8 Å². The Kier molecular flexibility index (Phi) is 5.65. The zero-order chi connectivity index (χ0) is 22.8. The molecule has 1 fully saturated rings. The fraction of sp³-hybridized carbons (Fsp3) is 0.222. The minimum atomic E-state index is -0.353. The molecule has 1 atom stereocenters. The summed E-state index contributed by atoms with van der Waals surface area (Å²) in [4.78, 5) is 31.7. The highest BCUT2D eigenvalue weighted by Gasteiger charge is 2.35. The van der Waals surface area contributed by atoms with Crippen molar-refractivity contribution in [2.75, 3.05) is 11.4 Å². The molecule has 1 aliphatic heterocycles. The molecule has 0 bridgehead atoms. The predicted octanol–water partition coefficient (Wildman–Crippen LogP) is 4.06. The van der Waals surface area contributed by atoms with E-state index in [9.17, 15) is 9.59 Å². The Morgan fingerprint density at radius 2 is 1.85 bits per heavy atom. The number of fused-ring (bicyclic) bond motifs is 1. The number of hydrogen-bond donors (Lipinski definition) is 1. The van der Waals surface area contributed by atoms with Gasteiger partial charge in [-0.3, -0.25) is 9.59 Å². The second kappa shape index (κ2) is 8.90. The highest BCUT2D eigenvalue weighted by molar-refractivity contribution is 6.06. The molecular formula is C27H26N4O2. The van der Waals surface area contributed by atoms with Crippen LogP contribution in [0.25, 0.3) is 10.8 Å². The molecule has 1 aliphatic rings. The molecule has 33 heavy (non-hydrogen) atoms. The number of anilines is 1. The summed E-state index contributed by atoms with van der Waals surface area (Å²) in [5.41, 5.74) is 3.06. The third-order valence-electron chi connectivity index (χ3n) is 6.29. The molecule has 0 radical (unpaired) electrons. The molecule has 166 valence electrons. The van der Waals surface area contributed by atoms with Gasteiger partial charge < -0.3 is 14.8 Å². The number of nitrogens with zero attached hydrogens (tertiary/aromatic N) is 3. The van der Waals surface area contributed by atoms with Crippen LogP contribution in [0.1, 0.15) is 23.4 Å². The normalized spacial score (nSPS) is 15.8. The van der Waals surface area contributed by atoms with Crippen LogP contribution in [-0.2, 0) is 22.7 Å². The maximum absolute atomic E-state index is 12.9. The van der Waals surface area contributed by atoms with Crippen LogP contribution in [0.4, 0.5) is 5.69 Å². The molecule has 1 saturated heterocycles. The molecule has 2 amide bonds. The number of rotatable bonds is 6. The first kappa shape index (κ1) is 20.9. The van der Waals surface area contributed by atoms with Gasteiger partial charge in [-0.15, -0.1) is 0 Å². The maximum Gasteiger partial charge on any atom is 0.227 e. The first-order valence-electron chi connectivity index (χ1n) is 11.2. The van der Waals surface area contributed by atoms with Crippen molar-refractivity contribution in [3.05, 3.63) is 96.1 Å². The molecule has 1 aromatic heterocycles. The fourth-order valence-corrected chi connectivity index (χ4v) is 4.50. The number of nitrogens with one attached hydrogen (secondary N) is 1. The summed E-state index contributed by atoms with van der Waals surface area (Å²) in [5.74, 6) is 0.523. The molecule has 3 aromatic carbocycles. The smallest absolute Gasteiger partial charge is 0.227 e. The molecule has 1 N–H and O–H groups in total. The lowest BCUT2D eigenvalue weighted by atomic mass is 10.1. The summed E-state index contributed by atoms with van der Waals surface area (Å²) >= 11 is 0. The van der Waals surface area contributed by atoms with Crippen LogP contribution < -0.4 is 10.2 Å². The van der Waals surface area contributed by atoms with Gasteiger partial charge in [0.15, 0.2) is 0 Å². The van der Waals surface area contributed by atoms with Crippen molar-refractivity contribution in [1.29, 1.82) is 0 Å². The third kappa shape index (κ3) is 4.37. The topological polar surface area (TPSA) is 67.2 Å². The van der Waals surface area contributed by atoms with Crippen LogP contribution in [0.2, 0.25) is 0 Å². The molecule has 0 spiro atoms. The van der Waals surface area contributed by atoms with Gasteiger partial charge in [0.05, 0.1) is 11.6 Å². The largest absolute Gasteiger partial charge is 0.352 e. The first-order chi connectivity index (χ1) is 16.1. The van der Waals surface area contributed by atoms with E-state index in [0.29, 0.717) is 13.1 Å². The van der Waals surface area contributed by atoms with E-state index in [1.807, 2.05) is 67.7 Å². The van der Waals surface area contributed by atoms with Crippen molar-refractivity contribution in [2.45, 2.75) is 26.4 Å². The minimum absolute atomic E-state index is 0.01000. The van der Waals surface area contributed by atoms with Crippen LogP contribution in [-0.4, -0.2) is 27.9 Å². The van der Waals surface area contributed by atoms with Gasteiger partial charge in [-0.25, -0.2) is 4.98 Å². The predicted molar refractivity (Wildman–Crippen MR) is 129 cm³/mol. The Hall–Kier alpha value is -3.93. The Balaban J connectivity index is 1.24. The van der Waals surface area contributed by atoms with Crippen LogP contribution in [0.3, 0.4) is 0 Å². The van der Waals surface area contributed by atoms with E-state index in [1.165, 1.54) is 0 Å². The zero-order valence-corrected chi connectivity index (χ0v) is 18.6. The summed E-state index contributed by atoms with van der Waals surface area (Å²) in [7, 11) is 0. The van der Waals surface area contributed by atoms with Crippen LogP contribution in [0.15, 0.2) is 79.1 Å². The number of benzene rings is 3. The van der Waals surface area contributed by atoms with Gasteiger partial charge in [0.25, 0.3) is 0 Å². The maximum atomic E-state index is 12.9. The first-order valence-corrected chi connectivity index (χ1v) is 11.2. The highest BCUT2D eigenvalue weighted by Crippen LogP contribution is 2.31. The Labute approximate surface area is 192 Å². The van der Waals surface area contributed by atoms with Crippen molar-refractivity contribution >= 4 is 28.3 Å². The lowest BCUT2D eigenvalue weighted by molar-refractivity contribution is -0.126. The quantitative estimate of drug-likeness (QED) is 0.494. The van der Waals surface area contributed by atoms with E-state index in [-0.39, 0.29) is 24.2 Å². The molecule has 0 aliphatic carbocycles. The van der Waals surface area contributed by atoms with Crippen LogP contribution in [0, 0.1) is 12.8 Å². The van der Waals surface area contributed by atoms with E-state index in [2.05, 4.69) is 27.0 Å². The molecule has 4 aromatic rings. The number of aryl methyl sites for hydroxylation is 1.